The van der Waals surface area contributed by atoms with Crippen LogP contribution in [0.15, 0.2) is 52.9 Å². The normalized spacial score (nSPS) is 16.4. The average Bonchev–Trinajstić information content (AvgIpc) is 3.29. The summed E-state index contributed by atoms with van der Waals surface area (Å²) < 4.78 is 18.6. The first-order valence-corrected chi connectivity index (χ1v) is 8.77. The van der Waals surface area contributed by atoms with Gasteiger partial charge in [-0.3, -0.25) is 14.9 Å². The van der Waals surface area contributed by atoms with E-state index >= 15 is 0 Å². The third-order valence-corrected chi connectivity index (χ3v) is 4.59. The van der Waals surface area contributed by atoms with Crippen molar-refractivity contribution >= 4 is 23.5 Å². The van der Waals surface area contributed by atoms with Crippen LogP contribution in [0.1, 0.15) is 34.2 Å². The Morgan fingerprint density at radius 2 is 1.86 bits per heavy atom. The number of nitrogens with one attached hydrogen (secondary N) is 1. The van der Waals surface area contributed by atoms with Crippen molar-refractivity contribution in [2.45, 2.75) is 19.3 Å². The summed E-state index contributed by atoms with van der Waals surface area (Å²) in [6.45, 7) is 2.28. The molecular formula is C20H17FN4O3. The molecule has 0 radical (unpaired) electrons. The Morgan fingerprint density at radius 3 is 2.57 bits per heavy atom. The standard InChI is InChI=1S/C20H17FN4O3/c1-12-2-4-13(5-3-12)18(27)22-20-24-23-19(28-20)14-10-17(26)25(11-14)16-8-6-15(21)7-9-16/h2-9,14H,10-11H2,1H3,(H,22,24,27). The van der Waals surface area contributed by atoms with Crippen molar-refractivity contribution in [3.8, 4) is 0 Å². The molecule has 1 N–H and O–H groups in total. The highest BCUT2D eigenvalue weighted by atomic mass is 19.1. The summed E-state index contributed by atoms with van der Waals surface area (Å²) in [4.78, 5) is 26.1. The van der Waals surface area contributed by atoms with Crippen LogP contribution in [0.4, 0.5) is 16.1 Å². The van der Waals surface area contributed by atoms with Crippen LogP contribution < -0.4 is 10.2 Å². The molecule has 1 fully saturated rings. The van der Waals surface area contributed by atoms with Crippen LogP contribution in [0.5, 0.6) is 0 Å². The Bertz CT molecular complexity index is 1010. The third kappa shape index (κ3) is 3.62. The number of aryl methyl sites for hydroxylation is 1. The first kappa shape index (κ1) is 17.8. The minimum absolute atomic E-state index is 0.0201. The van der Waals surface area contributed by atoms with Crippen LogP contribution in [-0.2, 0) is 4.79 Å². The highest BCUT2D eigenvalue weighted by Crippen LogP contribution is 2.31. The van der Waals surface area contributed by atoms with E-state index < -0.39 is 0 Å². The lowest BCUT2D eigenvalue weighted by molar-refractivity contribution is -0.117. The van der Waals surface area contributed by atoms with Gasteiger partial charge in [-0.15, -0.1) is 5.10 Å². The van der Waals surface area contributed by atoms with Gasteiger partial charge in [-0.05, 0) is 43.3 Å². The predicted octanol–water partition coefficient (Wildman–Crippen LogP) is 3.29. The number of carbonyl (C=O) groups is 2. The van der Waals surface area contributed by atoms with E-state index in [2.05, 4.69) is 15.5 Å². The van der Waals surface area contributed by atoms with E-state index in [9.17, 15) is 14.0 Å². The van der Waals surface area contributed by atoms with Crippen molar-refractivity contribution in [1.82, 2.24) is 10.2 Å². The third-order valence-electron chi connectivity index (χ3n) is 4.59. The number of amides is 2. The molecule has 28 heavy (non-hydrogen) atoms. The molecule has 2 aromatic carbocycles. The lowest BCUT2D eigenvalue weighted by Crippen LogP contribution is -2.24. The Hall–Kier alpha value is -3.55. The average molecular weight is 380 g/mol. The first-order chi connectivity index (χ1) is 13.5. The van der Waals surface area contributed by atoms with Crippen molar-refractivity contribution in [3.63, 3.8) is 0 Å². The molecule has 0 saturated carbocycles. The number of hydrogen-bond donors (Lipinski definition) is 1. The van der Waals surface area contributed by atoms with Crippen LogP contribution in [0, 0.1) is 12.7 Å². The summed E-state index contributed by atoms with van der Waals surface area (Å²) in [5.41, 5.74) is 2.14. The smallest absolute Gasteiger partial charge is 0.322 e. The topological polar surface area (TPSA) is 88.3 Å². The van der Waals surface area contributed by atoms with Gasteiger partial charge >= 0.3 is 6.01 Å². The molecule has 1 saturated heterocycles. The number of aromatic nitrogens is 2. The number of nitrogens with zero attached hydrogens (tertiary/aromatic N) is 3. The number of benzene rings is 2. The maximum atomic E-state index is 13.1. The van der Waals surface area contributed by atoms with E-state index in [0.29, 0.717) is 17.8 Å². The van der Waals surface area contributed by atoms with Crippen LogP contribution in [-0.4, -0.2) is 28.6 Å². The van der Waals surface area contributed by atoms with Gasteiger partial charge in [-0.1, -0.05) is 22.8 Å². The van der Waals surface area contributed by atoms with E-state index in [1.54, 1.807) is 29.2 Å². The van der Waals surface area contributed by atoms with Crippen molar-refractivity contribution in [3.05, 3.63) is 71.4 Å². The second-order valence-corrected chi connectivity index (χ2v) is 6.65. The first-order valence-electron chi connectivity index (χ1n) is 8.77. The Balaban J connectivity index is 1.44. The van der Waals surface area contributed by atoms with Gasteiger partial charge in [-0.25, -0.2) is 4.39 Å². The predicted molar refractivity (Wildman–Crippen MR) is 99.5 cm³/mol. The molecule has 1 unspecified atom stereocenters. The van der Waals surface area contributed by atoms with E-state index in [0.717, 1.165) is 5.56 Å². The lowest BCUT2D eigenvalue weighted by Gasteiger charge is -2.15. The monoisotopic (exact) mass is 380 g/mol. The molecule has 1 aliphatic heterocycles. The molecule has 2 heterocycles. The fraction of sp³-hybridized carbons (Fsp3) is 0.200. The number of anilines is 2. The van der Waals surface area contributed by atoms with Crippen molar-refractivity contribution in [1.29, 1.82) is 0 Å². The highest BCUT2D eigenvalue weighted by molar-refractivity contribution is 6.03. The Labute approximate surface area is 160 Å². The van der Waals surface area contributed by atoms with Crippen LogP contribution in [0.25, 0.3) is 0 Å². The summed E-state index contributed by atoms with van der Waals surface area (Å²) in [6.07, 6.45) is 0.199. The minimum atomic E-state index is -0.363. The fourth-order valence-electron chi connectivity index (χ4n) is 3.07. The molecule has 142 valence electrons. The molecule has 1 aromatic heterocycles. The van der Waals surface area contributed by atoms with Gasteiger partial charge in [0, 0.05) is 24.2 Å². The molecular weight excluding hydrogens is 363 g/mol. The van der Waals surface area contributed by atoms with E-state index in [1.807, 2.05) is 19.1 Å². The van der Waals surface area contributed by atoms with Gasteiger partial charge in [0.05, 0.1) is 5.92 Å². The molecule has 0 bridgehead atoms. The summed E-state index contributed by atoms with van der Waals surface area (Å²) >= 11 is 0. The number of rotatable bonds is 4. The zero-order chi connectivity index (χ0) is 19.7. The Kier molecular flexibility index (Phi) is 4.60. The molecule has 1 atom stereocenters. The molecule has 2 amide bonds. The SMILES string of the molecule is Cc1ccc(C(=O)Nc2nnc(C3CC(=O)N(c4ccc(F)cc4)C3)o2)cc1. The van der Waals surface area contributed by atoms with Crippen LogP contribution >= 0.6 is 0 Å². The van der Waals surface area contributed by atoms with Gasteiger partial charge in [0.2, 0.25) is 11.8 Å². The maximum Gasteiger partial charge on any atom is 0.322 e. The molecule has 0 aliphatic carbocycles. The Morgan fingerprint density at radius 1 is 1.14 bits per heavy atom. The molecule has 3 aromatic rings. The van der Waals surface area contributed by atoms with Crippen LogP contribution in [0.2, 0.25) is 0 Å². The second-order valence-electron chi connectivity index (χ2n) is 6.65. The molecule has 1 aliphatic rings. The summed E-state index contributed by atoms with van der Waals surface area (Å²) in [5.74, 6) is -0.851. The van der Waals surface area contributed by atoms with Gasteiger partial charge in [0.15, 0.2) is 0 Å². The second kappa shape index (κ2) is 7.22. The summed E-state index contributed by atoms with van der Waals surface area (Å²) in [5, 5.41) is 10.4. The van der Waals surface area contributed by atoms with Gasteiger partial charge in [-0.2, -0.15) is 0 Å². The lowest BCUT2D eigenvalue weighted by atomic mass is 10.1. The maximum absolute atomic E-state index is 13.1. The van der Waals surface area contributed by atoms with Crippen LogP contribution in [0.3, 0.4) is 0 Å². The van der Waals surface area contributed by atoms with Gasteiger partial charge < -0.3 is 9.32 Å². The summed E-state index contributed by atoms with van der Waals surface area (Å²) in [7, 11) is 0. The summed E-state index contributed by atoms with van der Waals surface area (Å²) in [6, 6.07) is 12.8. The number of hydrogen-bond acceptors (Lipinski definition) is 5. The van der Waals surface area contributed by atoms with Gasteiger partial charge in [0.25, 0.3) is 5.91 Å². The van der Waals surface area contributed by atoms with E-state index in [4.69, 9.17) is 4.42 Å². The highest BCUT2D eigenvalue weighted by Gasteiger charge is 2.35. The van der Waals surface area contributed by atoms with Crippen molar-refractivity contribution in [2.75, 3.05) is 16.8 Å². The number of halogens is 1. The van der Waals surface area contributed by atoms with E-state index in [-0.39, 0.29) is 41.9 Å². The van der Waals surface area contributed by atoms with Gasteiger partial charge in [0.1, 0.15) is 5.82 Å². The zero-order valence-electron chi connectivity index (χ0n) is 15.1. The van der Waals surface area contributed by atoms with Crippen molar-refractivity contribution in [2.24, 2.45) is 0 Å². The molecule has 7 nitrogen and oxygen atoms in total. The molecule has 4 rings (SSSR count). The largest absolute Gasteiger partial charge is 0.407 e. The molecule has 8 heteroatoms. The molecule has 0 spiro atoms. The van der Waals surface area contributed by atoms with Crippen molar-refractivity contribution < 1.29 is 18.4 Å². The quantitative estimate of drug-likeness (QED) is 0.750. The zero-order valence-corrected chi connectivity index (χ0v) is 15.1. The van der Waals surface area contributed by atoms with E-state index in [1.165, 1.54) is 12.1 Å². The minimum Gasteiger partial charge on any atom is -0.407 e. The fourth-order valence-corrected chi connectivity index (χ4v) is 3.07. The number of carbonyl (C=O) groups excluding carboxylic acids is 2.